The predicted molar refractivity (Wildman–Crippen MR) is 120 cm³/mol. The van der Waals surface area contributed by atoms with E-state index in [9.17, 15) is 5.11 Å². The van der Waals surface area contributed by atoms with Crippen molar-refractivity contribution in [3.05, 3.63) is 82.7 Å². The first-order valence-electron chi connectivity index (χ1n) is 10.9. The molecule has 5 heteroatoms. The van der Waals surface area contributed by atoms with Crippen molar-refractivity contribution in [3.63, 3.8) is 0 Å². The van der Waals surface area contributed by atoms with Crippen molar-refractivity contribution >= 4 is 11.6 Å². The Kier molecular flexibility index (Phi) is 5.13. The van der Waals surface area contributed by atoms with Gasteiger partial charge in [-0.2, -0.15) is 0 Å². The smallest absolute Gasteiger partial charge is 0.136 e. The molecule has 1 saturated carbocycles. The van der Waals surface area contributed by atoms with Crippen LogP contribution in [0.5, 0.6) is 0 Å². The van der Waals surface area contributed by atoms with Crippen LogP contribution >= 0.6 is 0 Å². The standard InChI is InChI=1S/C25H28N4O/c1-17(30)20-9-10-22-16-29(12-11-21(22)13-20)24-14-23(27-25(28-24)19-7-8-19)26-15-18-5-3-2-4-6-18/h2-6,9-10,13-14,17,19,30H,7-8,11-12,15-16H2,1H3,(H,26,27,28)/t17-/m0/s1. The molecule has 2 heterocycles. The number of rotatable bonds is 6. The van der Waals surface area contributed by atoms with E-state index in [4.69, 9.17) is 9.97 Å². The van der Waals surface area contributed by atoms with Crippen LogP contribution in [0.15, 0.2) is 54.6 Å². The zero-order valence-corrected chi connectivity index (χ0v) is 17.4. The van der Waals surface area contributed by atoms with Crippen molar-refractivity contribution in [1.82, 2.24) is 9.97 Å². The lowest BCUT2D eigenvalue weighted by molar-refractivity contribution is 0.199. The molecule has 1 aliphatic heterocycles. The Morgan fingerprint density at radius 3 is 2.67 bits per heavy atom. The van der Waals surface area contributed by atoms with Gasteiger partial charge in [0.05, 0.1) is 6.10 Å². The molecule has 0 spiro atoms. The molecule has 1 atom stereocenters. The highest BCUT2D eigenvalue weighted by Crippen LogP contribution is 2.39. The number of aliphatic hydroxyl groups is 1. The molecule has 2 aromatic carbocycles. The number of hydrogen-bond donors (Lipinski definition) is 2. The number of anilines is 2. The van der Waals surface area contributed by atoms with Gasteiger partial charge in [0, 0.05) is 31.6 Å². The maximum Gasteiger partial charge on any atom is 0.136 e. The van der Waals surface area contributed by atoms with Gasteiger partial charge in [-0.25, -0.2) is 9.97 Å². The lowest BCUT2D eigenvalue weighted by Gasteiger charge is -2.30. The highest BCUT2D eigenvalue weighted by atomic mass is 16.3. The van der Waals surface area contributed by atoms with E-state index < -0.39 is 6.10 Å². The van der Waals surface area contributed by atoms with Crippen LogP contribution in [-0.2, 0) is 19.5 Å². The SMILES string of the molecule is C[C@H](O)c1ccc2c(c1)CCN(c1cc(NCc3ccccc3)nc(C3CC3)n1)C2. The Hall–Kier alpha value is -2.92. The van der Waals surface area contributed by atoms with Crippen molar-refractivity contribution in [2.45, 2.75) is 51.3 Å². The molecule has 0 saturated heterocycles. The lowest BCUT2D eigenvalue weighted by atomic mass is 9.96. The average Bonchev–Trinajstić information content (AvgIpc) is 3.63. The summed E-state index contributed by atoms with van der Waals surface area (Å²) in [6.45, 7) is 4.34. The highest BCUT2D eigenvalue weighted by molar-refractivity contribution is 5.52. The first kappa shape index (κ1) is 19.1. The van der Waals surface area contributed by atoms with E-state index in [0.29, 0.717) is 5.92 Å². The molecular weight excluding hydrogens is 372 g/mol. The minimum atomic E-state index is -0.422. The van der Waals surface area contributed by atoms with Crippen molar-refractivity contribution in [3.8, 4) is 0 Å². The molecule has 30 heavy (non-hydrogen) atoms. The molecular formula is C25H28N4O. The summed E-state index contributed by atoms with van der Waals surface area (Å²) in [5, 5.41) is 13.4. The summed E-state index contributed by atoms with van der Waals surface area (Å²) in [5.41, 5.74) is 4.89. The Bertz CT molecular complexity index is 1030. The van der Waals surface area contributed by atoms with Gasteiger partial charge in [0.25, 0.3) is 0 Å². The van der Waals surface area contributed by atoms with E-state index in [1.165, 1.54) is 29.5 Å². The molecule has 0 bridgehead atoms. The normalized spacial score (nSPS) is 16.8. The number of aliphatic hydroxyl groups excluding tert-OH is 1. The summed E-state index contributed by atoms with van der Waals surface area (Å²) in [4.78, 5) is 12.1. The molecule has 1 fully saturated rings. The number of hydrogen-bond acceptors (Lipinski definition) is 5. The summed E-state index contributed by atoms with van der Waals surface area (Å²) in [7, 11) is 0. The summed E-state index contributed by atoms with van der Waals surface area (Å²) in [6, 6.07) is 18.8. The molecule has 0 unspecified atom stereocenters. The molecule has 1 aromatic heterocycles. The molecule has 1 aliphatic carbocycles. The quantitative estimate of drug-likeness (QED) is 0.634. The summed E-state index contributed by atoms with van der Waals surface area (Å²) < 4.78 is 0. The van der Waals surface area contributed by atoms with Gasteiger partial charge in [-0.05, 0) is 48.4 Å². The van der Waals surface area contributed by atoms with Gasteiger partial charge in [0.1, 0.15) is 17.5 Å². The van der Waals surface area contributed by atoms with Gasteiger partial charge in [-0.1, -0.05) is 48.5 Å². The number of benzene rings is 2. The maximum absolute atomic E-state index is 9.87. The van der Waals surface area contributed by atoms with Gasteiger partial charge in [-0.3, -0.25) is 0 Å². The summed E-state index contributed by atoms with van der Waals surface area (Å²) >= 11 is 0. The molecule has 5 nitrogen and oxygen atoms in total. The van der Waals surface area contributed by atoms with Crippen molar-refractivity contribution in [2.24, 2.45) is 0 Å². The number of nitrogens with one attached hydrogen (secondary N) is 1. The zero-order chi connectivity index (χ0) is 20.5. The zero-order valence-electron chi connectivity index (χ0n) is 17.4. The third-order valence-electron chi connectivity index (χ3n) is 6.04. The van der Waals surface area contributed by atoms with E-state index in [0.717, 1.165) is 49.1 Å². The molecule has 2 N–H and O–H groups in total. The average molecular weight is 401 g/mol. The van der Waals surface area contributed by atoms with Crippen LogP contribution in [0.3, 0.4) is 0 Å². The lowest BCUT2D eigenvalue weighted by Crippen LogP contribution is -2.31. The fourth-order valence-corrected chi connectivity index (χ4v) is 4.05. The number of nitrogens with zero attached hydrogens (tertiary/aromatic N) is 3. The highest BCUT2D eigenvalue weighted by Gasteiger charge is 2.28. The van der Waals surface area contributed by atoms with Crippen LogP contribution in [0.25, 0.3) is 0 Å². The number of aromatic nitrogens is 2. The van der Waals surface area contributed by atoms with Crippen LogP contribution in [-0.4, -0.2) is 21.6 Å². The maximum atomic E-state index is 9.87. The van der Waals surface area contributed by atoms with E-state index in [1.807, 2.05) is 19.1 Å². The minimum Gasteiger partial charge on any atom is -0.389 e. The predicted octanol–water partition coefficient (Wildman–Crippen LogP) is 4.58. The van der Waals surface area contributed by atoms with Gasteiger partial charge in [0.2, 0.25) is 0 Å². The van der Waals surface area contributed by atoms with E-state index in [-0.39, 0.29) is 0 Å². The second-order valence-corrected chi connectivity index (χ2v) is 8.46. The minimum absolute atomic E-state index is 0.422. The Morgan fingerprint density at radius 1 is 1.07 bits per heavy atom. The van der Waals surface area contributed by atoms with E-state index in [1.54, 1.807) is 0 Å². The van der Waals surface area contributed by atoms with Gasteiger partial charge >= 0.3 is 0 Å². The monoisotopic (exact) mass is 400 g/mol. The van der Waals surface area contributed by atoms with Crippen molar-refractivity contribution in [1.29, 1.82) is 0 Å². The summed E-state index contributed by atoms with van der Waals surface area (Å²) in [6.07, 6.45) is 2.92. The molecule has 0 amide bonds. The van der Waals surface area contributed by atoms with Crippen LogP contribution in [0.4, 0.5) is 11.6 Å². The largest absolute Gasteiger partial charge is 0.389 e. The first-order chi connectivity index (χ1) is 14.7. The number of fused-ring (bicyclic) bond motifs is 1. The fourth-order valence-electron chi connectivity index (χ4n) is 4.05. The van der Waals surface area contributed by atoms with E-state index >= 15 is 0 Å². The second kappa shape index (κ2) is 8.07. The van der Waals surface area contributed by atoms with Crippen LogP contribution in [0.1, 0.15) is 59.9 Å². The molecule has 2 aliphatic rings. The molecule has 0 radical (unpaired) electrons. The van der Waals surface area contributed by atoms with Crippen LogP contribution < -0.4 is 10.2 Å². The third kappa shape index (κ3) is 4.17. The fraction of sp³-hybridized carbons (Fsp3) is 0.360. The van der Waals surface area contributed by atoms with Gasteiger partial charge in [0.15, 0.2) is 0 Å². The van der Waals surface area contributed by atoms with Gasteiger partial charge < -0.3 is 15.3 Å². The van der Waals surface area contributed by atoms with Crippen LogP contribution in [0, 0.1) is 0 Å². The first-order valence-corrected chi connectivity index (χ1v) is 10.9. The summed E-state index contributed by atoms with van der Waals surface area (Å²) in [5.74, 6) is 3.39. The molecule has 154 valence electrons. The Balaban J connectivity index is 1.37. The second-order valence-electron chi connectivity index (χ2n) is 8.46. The molecule has 5 rings (SSSR count). The Morgan fingerprint density at radius 2 is 1.90 bits per heavy atom. The Labute approximate surface area is 177 Å². The van der Waals surface area contributed by atoms with Crippen LogP contribution in [0.2, 0.25) is 0 Å². The van der Waals surface area contributed by atoms with E-state index in [2.05, 4.69) is 52.7 Å². The van der Waals surface area contributed by atoms with Crippen molar-refractivity contribution in [2.75, 3.05) is 16.8 Å². The van der Waals surface area contributed by atoms with Gasteiger partial charge in [-0.15, -0.1) is 0 Å². The molecule has 3 aromatic rings. The van der Waals surface area contributed by atoms with Crippen molar-refractivity contribution < 1.29 is 5.11 Å². The topological polar surface area (TPSA) is 61.3 Å². The third-order valence-corrected chi connectivity index (χ3v) is 6.04.